The minimum absolute atomic E-state index is 0.0894. The Labute approximate surface area is 149 Å². The number of carbonyl (C=O) groups is 1. The van der Waals surface area contributed by atoms with Crippen LogP contribution in [-0.2, 0) is 19.6 Å². The van der Waals surface area contributed by atoms with E-state index in [1.54, 1.807) is 16.4 Å². The Morgan fingerprint density at radius 1 is 1.28 bits per heavy atom. The third-order valence-corrected chi connectivity index (χ3v) is 7.22. The van der Waals surface area contributed by atoms with Crippen molar-refractivity contribution < 1.29 is 17.9 Å². The van der Waals surface area contributed by atoms with Crippen molar-refractivity contribution >= 4 is 16.0 Å². The molecular weight excluding hydrogens is 338 g/mol. The summed E-state index contributed by atoms with van der Waals surface area (Å²) in [6, 6.07) is 7.03. The molecule has 0 amide bonds. The predicted octanol–water partition coefficient (Wildman–Crippen LogP) is 3.05. The van der Waals surface area contributed by atoms with E-state index in [-0.39, 0.29) is 18.1 Å². The average Bonchev–Trinajstić information content (AvgIpc) is 3.20. The Morgan fingerprint density at radius 3 is 2.68 bits per heavy atom. The second-order valence-electron chi connectivity index (χ2n) is 6.91. The zero-order valence-electron chi connectivity index (χ0n) is 14.7. The molecule has 0 N–H and O–H groups in total. The summed E-state index contributed by atoms with van der Waals surface area (Å²) in [6.07, 6.45) is 7.70. The third-order valence-electron chi connectivity index (χ3n) is 5.25. The van der Waals surface area contributed by atoms with Crippen molar-refractivity contribution in [1.29, 1.82) is 0 Å². The van der Waals surface area contributed by atoms with E-state index in [2.05, 4.69) is 4.74 Å². The van der Waals surface area contributed by atoms with Crippen molar-refractivity contribution in [3.8, 4) is 0 Å². The summed E-state index contributed by atoms with van der Waals surface area (Å²) in [5.74, 6) is 0.126. The lowest BCUT2D eigenvalue weighted by atomic mass is 9.99. The molecule has 2 fully saturated rings. The third kappa shape index (κ3) is 3.65. The van der Waals surface area contributed by atoms with Gasteiger partial charge in [0.1, 0.15) is 0 Å². The topological polar surface area (TPSA) is 63.7 Å². The van der Waals surface area contributed by atoms with Gasteiger partial charge >= 0.3 is 5.97 Å². The van der Waals surface area contributed by atoms with Crippen LogP contribution >= 0.6 is 0 Å². The van der Waals surface area contributed by atoms with Gasteiger partial charge in [-0.3, -0.25) is 4.79 Å². The van der Waals surface area contributed by atoms with Crippen LogP contribution in [0.15, 0.2) is 41.3 Å². The van der Waals surface area contributed by atoms with Gasteiger partial charge in [0.2, 0.25) is 10.0 Å². The molecule has 0 radical (unpaired) electrons. The van der Waals surface area contributed by atoms with E-state index < -0.39 is 10.0 Å². The van der Waals surface area contributed by atoms with Gasteiger partial charge in [-0.1, -0.05) is 29.8 Å². The van der Waals surface area contributed by atoms with Crippen LogP contribution in [0, 0.1) is 12.8 Å². The SMILES string of the molecule is COC(=O)CC/C=C/C1[C@@H]2CC[C@@H](C2)N1S(=O)(=O)c1ccc(C)cc1. The van der Waals surface area contributed by atoms with Crippen molar-refractivity contribution in [1.82, 2.24) is 4.31 Å². The van der Waals surface area contributed by atoms with Crippen LogP contribution in [0.1, 0.15) is 37.7 Å². The fourth-order valence-corrected chi connectivity index (χ4v) is 5.82. The number of carbonyl (C=O) groups excluding carboxylic acids is 1. The standard InChI is InChI=1S/C19H25NO4S/c1-14-7-11-17(12-8-14)25(22,23)20-16-10-9-15(13-16)18(20)5-3-4-6-19(21)24-2/h3,5,7-8,11-12,15-16,18H,4,6,9-10,13H2,1-2H3/b5-3+/t15-,16+,18?/m1/s1. The fourth-order valence-electron chi connectivity index (χ4n) is 3.95. The first-order chi connectivity index (χ1) is 11.9. The van der Waals surface area contributed by atoms with Gasteiger partial charge in [0.25, 0.3) is 0 Å². The van der Waals surface area contributed by atoms with Crippen LogP contribution in [0.3, 0.4) is 0 Å². The molecule has 25 heavy (non-hydrogen) atoms. The van der Waals surface area contributed by atoms with E-state index in [9.17, 15) is 13.2 Å². The summed E-state index contributed by atoms with van der Waals surface area (Å²) in [4.78, 5) is 11.6. The lowest BCUT2D eigenvalue weighted by molar-refractivity contribution is -0.140. The lowest BCUT2D eigenvalue weighted by Crippen LogP contribution is -2.43. The predicted molar refractivity (Wildman–Crippen MR) is 95.5 cm³/mol. The Hall–Kier alpha value is -1.66. The van der Waals surface area contributed by atoms with Gasteiger partial charge in [-0.25, -0.2) is 8.42 Å². The van der Waals surface area contributed by atoms with Crippen molar-refractivity contribution in [3.63, 3.8) is 0 Å². The van der Waals surface area contributed by atoms with Crippen LogP contribution in [0.5, 0.6) is 0 Å². The number of ether oxygens (including phenoxy) is 1. The number of methoxy groups -OCH3 is 1. The van der Waals surface area contributed by atoms with Crippen molar-refractivity contribution in [2.24, 2.45) is 5.92 Å². The summed E-state index contributed by atoms with van der Waals surface area (Å²) in [5.41, 5.74) is 1.04. The lowest BCUT2D eigenvalue weighted by Gasteiger charge is -2.32. The van der Waals surface area contributed by atoms with Gasteiger partial charge in [-0.2, -0.15) is 4.31 Å². The first kappa shape index (κ1) is 18.1. The minimum Gasteiger partial charge on any atom is -0.469 e. The van der Waals surface area contributed by atoms with Crippen LogP contribution in [0.2, 0.25) is 0 Å². The van der Waals surface area contributed by atoms with E-state index >= 15 is 0 Å². The molecule has 1 aliphatic heterocycles. The van der Waals surface area contributed by atoms with Crippen molar-refractivity contribution in [2.45, 2.75) is 56.0 Å². The van der Waals surface area contributed by atoms with Crippen LogP contribution in [0.25, 0.3) is 0 Å². The largest absolute Gasteiger partial charge is 0.469 e. The fraction of sp³-hybridized carbons (Fsp3) is 0.526. The highest BCUT2D eigenvalue weighted by Gasteiger charge is 2.50. The smallest absolute Gasteiger partial charge is 0.305 e. The summed E-state index contributed by atoms with van der Waals surface area (Å²) in [6.45, 7) is 1.95. The first-order valence-corrected chi connectivity index (χ1v) is 10.2. The molecule has 0 spiro atoms. The number of benzene rings is 1. The van der Waals surface area contributed by atoms with Gasteiger partial charge in [0.05, 0.1) is 12.0 Å². The number of fused-ring (bicyclic) bond motifs is 2. The molecule has 2 bridgehead atoms. The average molecular weight is 363 g/mol. The molecule has 6 heteroatoms. The molecule has 1 aromatic rings. The molecule has 136 valence electrons. The maximum atomic E-state index is 13.2. The maximum Gasteiger partial charge on any atom is 0.305 e. The van der Waals surface area contributed by atoms with E-state index in [1.165, 1.54) is 7.11 Å². The Morgan fingerprint density at radius 2 is 2.00 bits per heavy atom. The zero-order chi connectivity index (χ0) is 18.0. The number of rotatable bonds is 6. The summed E-state index contributed by atoms with van der Waals surface area (Å²) < 4.78 is 32.6. The highest BCUT2D eigenvalue weighted by Crippen LogP contribution is 2.45. The summed E-state index contributed by atoms with van der Waals surface area (Å²) >= 11 is 0. The number of aryl methyl sites for hydroxylation is 1. The van der Waals surface area contributed by atoms with Crippen molar-refractivity contribution in [2.75, 3.05) is 7.11 Å². The van der Waals surface area contributed by atoms with Crippen LogP contribution < -0.4 is 0 Å². The van der Waals surface area contributed by atoms with Crippen LogP contribution in [0.4, 0.5) is 0 Å². The number of hydrogen-bond acceptors (Lipinski definition) is 4. The molecule has 3 rings (SSSR count). The molecule has 1 saturated heterocycles. The minimum atomic E-state index is -3.50. The highest BCUT2D eigenvalue weighted by atomic mass is 32.2. The zero-order valence-corrected chi connectivity index (χ0v) is 15.5. The Bertz CT molecular complexity index is 754. The molecule has 2 aliphatic rings. The summed E-state index contributed by atoms with van der Waals surface area (Å²) in [5, 5.41) is 0. The molecule has 3 atom stereocenters. The number of esters is 1. The van der Waals surface area contributed by atoms with E-state index in [0.29, 0.717) is 23.7 Å². The van der Waals surface area contributed by atoms with E-state index in [4.69, 9.17) is 0 Å². The molecule has 1 heterocycles. The Kier molecular flexibility index (Phi) is 5.29. The molecule has 1 aromatic carbocycles. The number of sulfonamides is 1. The second kappa shape index (κ2) is 7.30. The van der Waals surface area contributed by atoms with Gasteiger partial charge < -0.3 is 4.74 Å². The number of hydrogen-bond donors (Lipinski definition) is 0. The first-order valence-electron chi connectivity index (χ1n) is 8.77. The molecule has 1 aliphatic carbocycles. The van der Waals surface area contributed by atoms with Gasteiger partial charge in [-0.05, 0) is 50.7 Å². The number of nitrogens with zero attached hydrogens (tertiary/aromatic N) is 1. The normalized spacial score (nSPS) is 26.4. The monoisotopic (exact) mass is 363 g/mol. The molecule has 1 saturated carbocycles. The van der Waals surface area contributed by atoms with E-state index in [0.717, 1.165) is 24.8 Å². The van der Waals surface area contributed by atoms with Gasteiger partial charge in [-0.15, -0.1) is 0 Å². The molecule has 5 nitrogen and oxygen atoms in total. The van der Waals surface area contributed by atoms with Gasteiger partial charge in [0, 0.05) is 18.5 Å². The molecule has 1 unspecified atom stereocenters. The molecular formula is C19H25NO4S. The quantitative estimate of drug-likeness (QED) is 0.576. The summed E-state index contributed by atoms with van der Waals surface area (Å²) in [7, 11) is -2.13. The maximum absolute atomic E-state index is 13.2. The van der Waals surface area contributed by atoms with Crippen molar-refractivity contribution in [3.05, 3.63) is 42.0 Å². The highest BCUT2D eigenvalue weighted by molar-refractivity contribution is 7.89. The number of piperidine rings is 1. The van der Waals surface area contributed by atoms with Gasteiger partial charge in [0.15, 0.2) is 0 Å². The second-order valence-corrected chi connectivity index (χ2v) is 8.75. The molecule has 0 aromatic heterocycles. The number of allylic oxidation sites excluding steroid dienone is 1. The van der Waals surface area contributed by atoms with E-state index in [1.807, 2.05) is 31.2 Å². The van der Waals surface area contributed by atoms with Crippen LogP contribution in [-0.4, -0.2) is 37.9 Å². The Balaban J connectivity index is 1.79.